The molecular weight excluding hydrogens is 128 g/mol. The van der Waals surface area contributed by atoms with Gasteiger partial charge in [0, 0.05) is 12.4 Å². The molecule has 0 unspecified atom stereocenters. The summed E-state index contributed by atoms with van der Waals surface area (Å²) in [5.41, 5.74) is -0.519. The van der Waals surface area contributed by atoms with Crippen molar-refractivity contribution in [2.45, 2.75) is 25.4 Å². The highest BCUT2D eigenvalue weighted by Gasteiger charge is 2.26. The van der Waals surface area contributed by atoms with E-state index in [9.17, 15) is 0 Å². The minimum atomic E-state index is -0.519. The number of aliphatic hydroxyl groups is 1. The van der Waals surface area contributed by atoms with Crippen LogP contribution in [-0.2, 0) is 0 Å². The average molecular weight is 140 g/mol. The number of aliphatic hydroxyl groups excluding tert-OH is 1. The number of hydrogen-bond donors (Lipinski definition) is 1. The van der Waals surface area contributed by atoms with Gasteiger partial charge in [0.15, 0.2) is 5.66 Å². The predicted molar refractivity (Wildman–Crippen MR) is 41.7 cm³/mol. The monoisotopic (exact) mass is 140 g/mol. The highest BCUT2D eigenvalue weighted by atomic mass is 16.3. The van der Waals surface area contributed by atoms with Crippen molar-refractivity contribution in [1.29, 1.82) is 0 Å². The Morgan fingerprint density at radius 1 is 1.40 bits per heavy atom. The molecule has 1 heterocycles. The van der Waals surface area contributed by atoms with Gasteiger partial charge in [-0.1, -0.05) is 13.3 Å². The third kappa shape index (κ3) is 1.24. The molecule has 0 aliphatic carbocycles. The molecule has 0 saturated carbocycles. The van der Waals surface area contributed by atoms with E-state index in [0.717, 1.165) is 12.8 Å². The van der Waals surface area contributed by atoms with Crippen LogP contribution >= 0.6 is 0 Å². The van der Waals surface area contributed by atoms with Gasteiger partial charge in [-0.25, -0.2) is 0 Å². The van der Waals surface area contributed by atoms with Crippen molar-refractivity contribution in [1.82, 2.24) is 0 Å². The molecule has 1 rings (SSSR count). The van der Waals surface area contributed by atoms with Crippen molar-refractivity contribution >= 4 is 12.4 Å². The summed E-state index contributed by atoms with van der Waals surface area (Å²) in [6.07, 6.45) is 5.11. The van der Waals surface area contributed by atoms with E-state index in [1.54, 1.807) is 12.4 Å². The van der Waals surface area contributed by atoms with Gasteiger partial charge >= 0.3 is 0 Å². The maximum absolute atomic E-state index is 8.92. The van der Waals surface area contributed by atoms with Crippen molar-refractivity contribution in [3.05, 3.63) is 0 Å². The Morgan fingerprint density at radius 3 is 2.40 bits per heavy atom. The topological polar surface area (TPSA) is 45.0 Å². The molecule has 0 saturated heterocycles. The fraction of sp³-hybridized carbons (Fsp3) is 0.714. The van der Waals surface area contributed by atoms with E-state index >= 15 is 0 Å². The minimum absolute atomic E-state index is 0.0217. The van der Waals surface area contributed by atoms with Crippen molar-refractivity contribution in [3.63, 3.8) is 0 Å². The molecule has 0 aromatic rings. The van der Waals surface area contributed by atoms with Gasteiger partial charge in [-0.15, -0.1) is 0 Å². The van der Waals surface area contributed by atoms with Crippen LogP contribution in [0.15, 0.2) is 9.98 Å². The molecule has 10 heavy (non-hydrogen) atoms. The van der Waals surface area contributed by atoms with Gasteiger partial charge in [0.2, 0.25) is 0 Å². The Morgan fingerprint density at radius 2 is 2.00 bits per heavy atom. The van der Waals surface area contributed by atoms with Crippen LogP contribution in [0.25, 0.3) is 0 Å². The van der Waals surface area contributed by atoms with Crippen LogP contribution in [0.2, 0.25) is 0 Å². The number of nitrogens with zero attached hydrogens (tertiary/aromatic N) is 2. The smallest absolute Gasteiger partial charge is 0.172 e. The molecule has 3 nitrogen and oxygen atoms in total. The molecule has 0 aromatic carbocycles. The van der Waals surface area contributed by atoms with Crippen LogP contribution in [0.5, 0.6) is 0 Å². The van der Waals surface area contributed by atoms with Crippen LogP contribution < -0.4 is 0 Å². The highest BCUT2D eigenvalue weighted by molar-refractivity contribution is 6.17. The van der Waals surface area contributed by atoms with Crippen LogP contribution in [0.4, 0.5) is 0 Å². The van der Waals surface area contributed by atoms with Gasteiger partial charge in [-0.05, 0) is 6.42 Å². The maximum Gasteiger partial charge on any atom is 0.172 e. The van der Waals surface area contributed by atoms with Gasteiger partial charge in [-0.2, -0.15) is 0 Å². The van der Waals surface area contributed by atoms with Crippen molar-refractivity contribution in [2.24, 2.45) is 9.98 Å². The largest absolute Gasteiger partial charge is 0.392 e. The molecular formula is C7H12N2O. The molecule has 0 amide bonds. The normalized spacial score (nSPS) is 20.2. The molecule has 0 fully saturated rings. The SMILES string of the molecule is CCCC1(CO)N=CC=N1. The number of hydrogen-bond acceptors (Lipinski definition) is 3. The summed E-state index contributed by atoms with van der Waals surface area (Å²) < 4.78 is 0. The standard InChI is InChI=1S/C7H12N2O/c1-2-3-7(6-10)8-4-5-9-7/h4-5,10H,2-3,6H2,1H3. The first-order valence-electron chi connectivity index (χ1n) is 3.53. The molecule has 0 aromatic heterocycles. The van der Waals surface area contributed by atoms with Gasteiger partial charge in [-0.3, -0.25) is 9.98 Å². The molecule has 0 bridgehead atoms. The van der Waals surface area contributed by atoms with Crippen LogP contribution in [-0.4, -0.2) is 29.8 Å². The lowest BCUT2D eigenvalue weighted by atomic mass is 10.1. The van der Waals surface area contributed by atoms with E-state index in [2.05, 4.69) is 16.9 Å². The van der Waals surface area contributed by atoms with E-state index in [0.29, 0.717) is 0 Å². The molecule has 1 N–H and O–H groups in total. The van der Waals surface area contributed by atoms with Crippen LogP contribution in [0.1, 0.15) is 19.8 Å². The zero-order valence-corrected chi connectivity index (χ0v) is 6.12. The molecule has 1 aliphatic rings. The molecule has 0 radical (unpaired) electrons. The Hall–Kier alpha value is -0.700. The summed E-state index contributed by atoms with van der Waals surface area (Å²) in [5.74, 6) is 0. The Bertz CT molecular complexity index is 151. The zero-order chi connectivity index (χ0) is 7.45. The first kappa shape index (κ1) is 7.41. The number of aliphatic imine (C=N–C) groups is 2. The van der Waals surface area contributed by atoms with E-state index in [4.69, 9.17) is 5.11 Å². The Labute approximate surface area is 60.5 Å². The van der Waals surface area contributed by atoms with E-state index in [1.807, 2.05) is 0 Å². The summed E-state index contributed by atoms with van der Waals surface area (Å²) in [6, 6.07) is 0. The van der Waals surface area contributed by atoms with Crippen molar-refractivity contribution in [2.75, 3.05) is 6.61 Å². The summed E-state index contributed by atoms with van der Waals surface area (Å²) in [4.78, 5) is 8.16. The van der Waals surface area contributed by atoms with Crippen molar-refractivity contribution in [3.8, 4) is 0 Å². The summed E-state index contributed by atoms with van der Waals surface area (Å²) in [7, 11) is 0. The van der Waals surface area contributed by atoms with E-state index in [1.165, 1.54) is 0 Å². The lowest BCUT2D eigenvalue weighted by Gasteiger charge is -2.18. The summed E-state index contributed by atoms with van der Waals surface area (Å²) in [6.45, 7) is 2.08. The van der Waals surface area contributed by atoms with Crippen LogP contribution in [0.3, 0.4) is 0 Å². The van der Waals surface area contributed by atoms with Crippen LogP contribution in [0, 0.1) is 0 Å². The van der Waals surface area contributed by atoms with Gasteiger partial charge in [0.25, 0.3) is 0 Å². The summed E-state index contributed by atoms with van der Waals surface area (Å²) >= 11 is 0. The first-order chi connectivity index (χ1) is 4.83. The van der Waals surface area contributed by atoms with Gasteiger partial charge < -0.3 is 5.11 Å². The van der Waals surface area contributed by atoms with E-state index in [-0.39, 0.29) is 6.61 Å². The number of rotatable bonds is 3. The highest BCUT2D eigenvalue weighted by Crippen LogP contribution is 2.20. The third-order valence-electron chi connectivity index (χ3n) is 1.60. The van der Waals surface area contributed by atoms with Crippen molar-refractivity contribution < 1.29 is 5.11 Å². The minimum Gasteiger partial charge on any atom is -0.392 e. The third-order valence-corrected chi connectivity index (χ3v) is 1.60. The first-order valence-corrected chi connectivity index (χ1v) is 3.53. The molecule has 56 valence electrons. The van der Waals surface area contributed by atoms with E-state index < -0.39 is 5.66 Å². The predicted octanol–water partition coefficient (Wildman–Crippen LogP) is 0.630. The second kappa shape index (κ2) is 2.92. The fourth-order valence-electron chi connectivity index (χ4n) is 1.07. The lowest BCUT2D eigenvalue weighted by Crippen LogP contribution is -2.26. The quantitative estimate of drug-likeness (QED) is 0.614. The molecule has 1 aliphatic heterocycles. The Balaban J connectivity index is 2.60. The Kier molecular flexibility index (Phi) is 2.17. The lowest BCUT2D eigenvalue weighted by molar-refractivity contribution is 0.197. The van der Waals surface area contributed by atoms with Gasteiger partial charge in [0.1, 0.15) is 0 Å². The molecule has 0 spiro atoms. The van der Waals surface area contributed by atoms with Gasteiger partial charge in [0.05, 0.1) is 6.61 Å². The maximum atomic E-state index is 8.92. The second-order valence-electron chi connectivity index (χ2n) is 2.45. The molecule has 0 atom stereocenters. The average Bonchev–Trinajstić information content (AvgIpc) is 2.39. The molecule has 3 heteroatoms. The fourth-order valence-corrected chi connectivity index (χ4v) is 1.07. The second-order valence-corrected chi connectivity index (χ2v) is 2.45. The summed E-state index contributed by atoms with van der Waals surface area (Å²) in [5, 5.41) is 8.92. The zero-order valence-electron chi connectivity index (χ0n) is 6.12.